The third kappa shape index (κ3) is 3.18. The molecule has 0 saturated carbocycles. The summed E-state index contributed by atoms with van der Waals surface area (Å²) in [5.41, 5.74) is 12.5. The van der Waals surface area contributed by atoms with E-state index in [1.807, 2.05) is 12.1 Å². The lowest BCUT2D eigenvalue weighted by molar-refractivity contribution is 0.100. The molecule has 1 amide bonds. The fourth-order valence-electron chi connectivity index (χ4n) is 1.62. The van der Waals surface area contributed by atoms with Crippen LogP contribution in [-0.4, -0.2) is 20.7 Å². The Bertz CT molecular complexity index is 620. The fourth-order valence-corrected chi connectivity index (χ4v) is 2.53. The first kappa shape index (κ1) is 14.1. The largest absolute Gasteiger partial charge is 0.368 e. The summed E-state index contributed by atoms with van der Waals surface area (Å²) in [5, 5.41) is 8.61. The van der Waals surface area contributed by atoms with Crippen LogP contribution in [-0.2, 0) is 12.3 Å². The van der Waals surface area contributed by atoms with Crippen LogP contribution in [0.4, 0.5) is 5.95 Å². The lowest BCUT2D eigenvalue weighted by atomic mass is 10.1. The Hall–Kier alpha value is -2.28. The first-order valence-electron chi connectivity index (χ1n) is 5.93. The van der Waals surface area contributed by atoms with Crippen molar-refractivity contribution >= 4 is 23.6 Å². The number of hydrogen-bond acceptors (Lipinski definition) is 5. The molecule has 7 heteroatoms. The summed E-state index contributed by atoms with van der Waals surface area (Å²) in [5.74, 6) is 0.646. The number of nitrogens with two attached hydrogens (primary N) is 2. The average Bonchev–Trinajstić information content (AvgIpc) is 2.79. The van der Waals surface area contributed by atoms with E-state index in [9.17, 15) is 4.79 Å². The number of rotatable bonds is 6. The van der Waals surface area contributed by atoms with Gasteiger partial charge in [0.1, 0.15) is 0 Å². The van der Waals surface area contributed by atoms with Crippen LogP contribution in [0.2, 0.25) is 0 Å². The molecule has 0 atom stereocenters. The van der Waals surface area contributed by atoms with Crippen LogP contribution in [0.15, 0.2) is 42.1 Å². The molecule has 2 aromatic rings. The molecule has 1 heterocycles. The number of benzene rings is 1. The van der Waals surface area contributed by atoms with Gasteiger partial charge in [-0.05, 0) is 17.7 Å². The van der Waals surface area contributed by atoms with Crippen molar-refractivity contribution < 1.29 is 4.79 Å². The first-order valence-corrected chi connectivity index (χ1v) is 6.91. The SMILES string of the molecule is C=CCn1c(N)nnc1SCc1ccc(C(N)=O)cc1. The van der Waals surface area contributed by atoms with Crippen molar-refractivity contribution in [2.45, 2.75) is 17.5 Å². The number of nitrogen functional groups attached to an aromatic ring is 1. The smallest absolute Gasteiger partial charge is 0.248 e. The first-order chi connectivity index (χ1) is 9.61. The van der Waals surface area contributed by atoms with Crippen LogP contribution in [0.1, 0.15) is 15.9 Å². The molecule has 0 aliphatic heterocycles. The van der Waals surface area contributed by atoms with Gasteiger partial charge in [-0.3, -0.25) is 9.36 Å². The number of aromatic nitrogens is 3. The van der Waals surface area contributed by atoms with Crippen molar-refractivity contribution in [3.05, 3.63) is 48.0 Å². The fraction of sp³-hybridized carbons (Fsp3) is 0.154. The summed E-state index contributed by atoms with van der Waals surface area (Å²) in [6, 6.07) is 7.15. The molecule has 0 radical (unpaired) electrons. The highest BCUT2D eigenvalue weighted by molar-refractivity contribution is 7.98. The quantitative estimate of drug-likeness (QED) is 0.619. The number of hydrogen-bond donors (Lipinski definition) is 2. The van der Waals surface area contributed by atoms with Crippen molar-refractivity contribution in [3.63, 3.8) is 0 Å². The number of primary amides is 1. The van der Waals surface area contributed by atoms with Gasteiger partial charge in [0.15, 0.2) is 5.16 Å². The normalized spacial score (nSPS) is 10.4. The van der Waals surface area contributed by atoms with E-state index in [-0.39, 0.29) is 0 Å². The molecular weight excluding hydrogens is 274 g/mol. The van der Waals surface area contributed by atoms with E-state index in [1.165, 1.54) is 11.8 Å². The molecule has 0 unspecified atom stereocenters. The molecule has 0 aliphatic carbocycles. The molecule has 4 N–H and O–H groups in total. The zero-order valence-electron chi connectivity index (χ0n) is 10.8. The maximum absolute atomic E-state index is 11.0. The van der Waals surface area contributed by atoms with E-state index in [0.29, 0.717) is 23.8 Å². The van der Waals surface area contributed by atoms with Gasteiger partial charge < -0.3 is 11.5 Å². The van der Waals surface area contributed by atoms with Gasteiger partial charge >= 0.3 is 0 Å². The number of thioether (sulfide) groups is 1. The van der Waals surface area contributed by atoms with Gasteiger partial charge in [-0.15, -0.1) is 16.8 Å². The van der Waals surface area contributed by atoms with E-state index >= 15 is 0 Å². The second-order valence-electron chi connectivity index (χ2n) is 4.09. The maximum Gasteiger partial charge on any atom is 0.248 e. The predicted octanol–water partition coefficient (Wildman–Crippen LogP) is 1.44. The summed E-state index contributed by atoms with van der Waals surface area (Å²) in [6.45, 7) is 4.25. The van der Waals surface area contributed by atoms with Gasteiger partial charge in [0.05, 0.1) is 0 Å². The van der Waals surface area contributed by atoms with Crippen LogP contribution in [0, 0.1) is 0 Å². The Balaban J connectivity index is 2.05. The summed E-state index contributed by atoms with van der Waals surface area (Å²) in [7, 11) is 0. The Labute approximate surface area is 120 Å². The van der Waals surface area contributed by atoms with Crippen LogP contribution in [0.3, 0.4) is 0 Å². The summed E-state index contributed by atoms with van der Waals surface area (Å²) >= 11 is 1.52. The van der Waals surface area contributed by atoms with Crippen LogP contribution < -0.4 is 11.5 Å². The maximum atomic E-state index is 11.0. The van der Waals surface area contributed by atoms with Gasteiger partial charge in [0.25, 0.3) is 0 Å². The molecule has 2 rings (SSSR count). The Kier molecular flexibility index (Phi) is 4.41. The van der Waals surface area contributed by atoms with E-state index in [1.54, 1.807) is 22.8 Å². The monoisotopic (exact) mass is 289 g/mol. The second kappa shape index (κ2) is 6.25. The number of anilines is 1. The van der Waals surface area contributed by atoms with Gasteiger partial charge in [-0.1, -0.05) is 30.0 Å². The molecule has 0 saturated heterocycles. The number of carbonyl (C=O) groups is 1. The van der Waals surface area contributed by atoms with E-state index in [0.717, 1.165) is 10.7 Å². The zero-order chi connectivity index (χ0) is 14.5. The van der Waals surface area contributed by atoms with Crippen molar-refractivity contribution in [2.24, 2.45) is 5.73 Å². The number of allylic oxidation sites excluding steroid dienone is 1. The Morgan fingerprint density at radius 2 is 2.05 bits per heavy atom. The number of carbonyl (C=O) groups excluding carboxylic acids is 1. The average molecular weight is 289 g/mol. The zero-order valence-corrected chi connectivity index (χ0v) is 11.6. The second-order valence-corrected chi connectivity index (χ2v) is 5.03. The minimum Gasteiger partial charge on any atom is -0.368 e. The minimum atomic E-state index is -0.428. The molecule has 20 heavy (non-hydrogen) atoms. The summed E-state index contributed by atoms with van der Waals surface area (Å²) < 4.78 is 1.79. The third-order valence-corrected chi connectivity index (χ3v) is 3.70. The lowest BCUT2D eigenvalue weighted by Crippen LogP contribution is -2.10. The van der Waals surface area contributed by atoms with E-state index < -0.39 is 5.91 Å². The highest BCUT2D eigenvalue weighted by Crippen LogP contribution is 2.22. The molecule has 1 aromatic heterocycles. The van der Waals surface area contributed by atoms with E-state index in [4.69, 9.17) is 11.5 Å². The molecule has 0 fully saturated rings. The minimum absolute atomic E-state index is 0.372. The number of amides is 1. The van der Waals surface area contributed by atoms with Crippen molar-refractivity contribution in [3.8, 4) is 0 Å². The highest BCUT2D eigenvalue weighted by Gasteiger charge is 2.09. The van der Waals surface area contributed by atoms with Crippen LogP contribution >= 0.6 is 11.8 Å². The predicted molar refractivity (Wildman–Crippen MR) is 79.2 cm³/mol. The van der Waals surface area contributed by atoms with Crippen LogP contribution in [0.5, 0.6) is 0 Å². The van der Waals surface area contributed by atoms with Gasteiger partial charge in [0, 0.05) is 17.9 Å². The van der Waals surface area contributed by atoms with Crippen molar-refractivity contribution in [1.29, 1.82) is 0 Å². The molecule has 1 aromatic carbocycles. The summed E-state index contributed by atoms with van der Waals surface area (Å²) in [6.07, 6.45) is 1.74. The van der Waals surface area contributed by atoms with Crippen molar-refractivity contribution in [1.82, 2.24) is 14.8 Å². The van der Waals surface area contributed by atoms with Gasteiger partial charge in [-0.25, -0.2) is 0 Å². The van der Waals surface area contributed by atoms with Crippen LogP contribution in [0.25, 0.3) is 0 Å². The molecule has 0 bridgehead atoms. The topological polar surface area (TPSA) is 99.8 Å². The highest BCUT2D eigenvalue weighted by atomic mass is 32.2. The molecule has 0 spiro atoms. The van der Waals surface area contributed by atoms with E-state index in [2.05, 4.69) is 16.8 Å². The van der Waals surface area contributed by atoms with Crippen molar-refractivity contribution in [2.75, 3.05) is 5.73 Å². The lowest BCUT2D eigenvalue weighted by Gasteiger charge is -2.05. The number of nitrogens with zero attached hydrogens (tertiary/aromatic N) is 3. The molecular formula is C13H15N5OS. The molecule has 6 nitrogen and oxygen atoms in total. The Morgan fingerprint density at radius 1 is 1.35 bits per heavy atom. The molecule has 0 aliphatic rings. The summed E-state index contributed by atoms with van der Waals surface area (Å²) in [4.78, 5) is 11.0. The molecule has 104 valence electrons. The van der Waals surface area contributed by atoms with Gasteiger partial charge in [0.2, 0.25) is 11.9 Å². The standard InChI is InChI=1S/C13H15N5OS/c1-2-7-18-12(15)16-17-13(18)20-8-9-3-5-10(6-4-9)11(14)19/h2-6H,1,7-8H2,(H2,14,19)(H2,15,16). The third-order valence-electron chi connectivity index (χ3n) is 2.66. The Morgan fingerprint density at radius 3 is 2.65 bits per heavy atom. The van der Waals surface area contributed by atoms with Gasteiger partial charge in [-0.2, -0.15) is 0 Å².